The summed E-state index contributed by atoms with van der Waals surface area (Å²) < 4.78 is 1.98. The van der Waals surface area contributed by atoms with Gasteiger partial charge in [-0.2, -0.15) is 14.7 Å². The zero-order valence-electron chi connectivity index (χ0n) is 13.3. The molecule has 22 heavy (non-hydrogen) atoms. The highest BCUT2D eigenvalue weighted by Gasteiger charge is 2.19. The van der Waals surface area contributed by atoms with Gasteiger partial charge in [0.05, 0.1) is 16.4 Å². The van der Waals surface area contributed by atoms with E-state index in [9.17, 15) is 0 Å². The first-order chi connectivity index (χ1) is 10.5. The summed E-state index contributed by atoms with van der Waals surface area (Å²) in [7, 11) is 0. The van der Waals surface area contributed by atoms with Crippen LogP contribution in [0.4, 0.5) is 0 Å². The fraction of sp³-hybridized carbons (Fsp3) is 0.438. The van der Waals surface area contributed by atoms with E-state index in [0.717, 1.165) is 34.9 Å². The number of aryl methyl sites for hydroxylation is 2. The highest BCUT2D eigenvalue weighted by molar-refractivity contribution is 6.33. The van der Waals surface area contributed by atoms with Gasteiger partial charge >= 0.3 is 6.15 Å². The molecular weight excluding hydrogens is 302 g/mol. The van der Waals surface area contributed by atoms with Crippen molar-refractivity contribution < 1.29 is 9.59 Å². The molecule has 0 spiro atoms. The molecule has 0 fully saturated rings. The van der Waals surface area contributed by atoms with Crippen LogP contribution in [0, 0.1) is 0 Å². The number of pyridine rings is 1. The number of rotatable bonds is 4. The van der Waals surface area contributed by atoms with Crippen LogP contribution in [0.25, 0.3) is 11.3 Å². The van der Waals surface area contributed by atoms with Crippen molar-refractivity contribution in [3.05, 3.63) is 34.7 Å². The number of halogens is 1. The molecule has 0 aliphatic carbocycles. The predicted molar refractivity (Wildman–Crippen MR) is 84.6 cm³/mol. The lowest BCUT2D eigenvalue weighted by molar-refractivity contribution is -0.191. The topological polar surface area (TPSA) is 64.8 Å². The van der Waals surface area contributed by atoms with Gasteiger partial charge in [-0.25, -0.2) is 0 Å². The molecule has 2 aromatic rings. The van der Waals surface area contributed by atoms with Gasteiger partial charge in [0.15, 0.2) is 0 Å². The van der Waals surface area contributed by atoms with Crippen molar-refractivity contribution >= 4 is 17.8 Å². The fourth-order valence-electron chi connectivity index (χ4n) is 2.31. The summed E-state index contributed by atoms with van der Waals surface area (Å²) in [6, 6.07) is 2.06. The number of aromatic nitrogens is 3. The van der Waals surface area contributed by atoms with Crippen LogP contribution in [0.2, 0.25) is 5.02 Å². The zero-order chi connectivity index (χ0) is 16.7. The number of hydrogen-bond acceptors (Lipinski definition) is 4. The van der Waals surface area contributed by atoms with E-state index >= 15 is 0 Å². The van der Waals surface area contributed by atoms with Crippen molar-refractivity contribution in [2.45, 2.75) is 46.6 Å². The molecule has 0 unspecified atom stereocenters. The van der Waals surface area contributed by atoms with E-state index in [2.05, 4.69) is 43.8 Å². The molecule has 2 heterocycles. The summed E-state index contributed by atoms with van der Waals surface area (Å²) in [5.74, 6) is 0.430. The fourth-order valence-corrected chi connectivity index (χ4v) is 2.68. The molecule has 0 aliphatic rings. The van der Waals surface area contributed by atoms with Crippen LogP contribution in [0.1, 0.15) is 44.9 Å². The lowest BCUT2D eigenvalue weighted by atomic mass is 9.97. The van der Waals surface area contributed by atoms with Gasteiger partial charge in [-0.1, -0.05) is 32.4 Å². The maximum absolute atomic E-state index is 8.12. The van der Waals surface area contributed by atoms with Gasteiger partial charge in [0.1, 0.15) is 0 Å². The van der Waals surface area contributed by atoms with Crippen molar-refractivity contribution in [1.29, 1.82) is 0 Å². The van der Waals surface area contributed by atoms with E-state index in [4.69, 9.17) is 21.2 Å². The first-order valence-electron chi connectivity index (χ1n) is 7.20. The Morgan fingerprint density at radius 1 is 1.32 bits per heavy atom. The molecule has 0 saturated carbocycles. The van der Waals surface area contributed by atoms with Crippen LogP contribution >= 0.6 is 11.6 Å². The standard InChI is InChI=1S/C15H20ClN3.CO2/c1-5-13-14(16)15(19(6-2)18-13)12-9-17-8-7-11(12)10(3)4;2-1-3/h7-10H,5-6H2,1-4H3;. The molecule has 0 bridgehead atoms. The summed E-state index contributed by atoms with van der Waals surface area (Å²) in [6.45, 7) is 9.32. The molecule has 0 saturated heterocycles. The van der Waals surface area contributed by atoms with E-state index in [1.807, 2.05) is 17.1 Å². The third-order valence-corrected chi connectivity index (χ3v) is 3.72. The smallest absolute Gasteiger partial charge is 0.264 e. The number of carbonyl (C=O) groups excluding carboxylic acids is 2. The predicted octanol–water partition coefficient (Wildman–Crippen LogP) is 3.72. The summed E-state index contributed by atoms with van der Waals surface area (Å²) >= 11 is 6.51. The van der Waals surface area contributed by atoms with Crippen molar-refractivity contribution in [3.63, 3.8) is 0 Å². The van der Waals surface area contributed by atoms with Gasteiger partial charge < -0.3 is 0 Å². The van der Waals surface area contributed by atoms with Crippen LogP contribution in [-0.2, 0) is 22.6 Å². The molecule has 6 heteroatoms. The summed E-state index contributed by atoms with van der Waals surface area (Å²) in [5, 5.41) is 5.34. The molecule has 0 aromatic carbocycles. The van der Waals surface area contributed by atoms with Gasteiger partial charge in [0.2, 0.25) is 0 Å². The lowest BCUT2D eigenvalue weighted by Crippen LogP contribution is -2.02. The SMILES string of the molecule is CCc1nn(CC)c(-c2cnccc2C(C)C)c1Cl.O=C=O. The van der Waals surface area contributed by atoms with E-state index in [-0.39, 0.29) is 6.15 Å². The molecule has 2 rings (SSSR count). The average molecular weight is 322 g/mol. The van der Waals surface area contributed by atoms with Crippen LogP contribution in [0.3, 0.4) is 0 Å². The average Bonchev–Trinajstić information content (AvgIpc) is 2.83. The molecule has 0 N–H and O–H groups in total. The monoisotopic (exact) mass is 321 g/mol. The Labute approximate surface area is 135 Å². The van der Waals surface area contributed by atoms with Gasteiger partial charge in [0, 0.05) is 24.5 Å². The summed E-state index contributed by atoms with van der Waals surface area (Å²) in [6.07, 6.45) is 4.82. The summed E-state index contributed by atoms with van der Waals surface area (Å²) in [5.41, 5.74) is 4.31. The minimum absolute atomic E-state index is 0.250. The van der Waals surface area contributed by atoms with Crippen LogP contribution in [0.5, 0.6) is 0 Å². The second kappa shape index (κ2) is 8.47. The Bertz CT molecular complexity index is 659. The van der Waals surface area contributed by atoms with E-state index in [0.29, 0.717) is 5.92 Å². The van der Waals surface area contributed by atoms with Crippen molar-refractivity contribution in [2.24, 2.45) is 0 Å². The maximum Gasteiger partial charge on any atom is 0.373 e. The molecule has 0 amide bonds. The van der Waals surface area contributed by atoms with Crippen LogP contribution in [0.15, 0.2) is 18.5 Å². The third-order valence-electron chi connectivity index (χ3n) is 3.33. The van der Waals surface area contributed by atoms with Crippen molar-refractivity contribution in [3.8, 4) is 11.3 Å². The second-order valence-corrected chi connectivity index (χ2v) is 5.36. The number of nitrogens with zero attached hydrogens (tertiary/aromatic N) is 3. The Hall–Kier alpha value is -1.97. The highest BCUT2D eigenvalue weighted by atomic mass is 35.5. The molecule has 2 aromatic heterocycles. The second-order valence-electron chi connectivity index (χ2n) is 4.98. The Morgan fingerprint density at radius 2 is 1.95 bits per heavy atom. The first kappa shape index (κ1) is 18.1. The lowest BCUT2D eigenvalue weighted by Gasteiger charge is -2.13. The van der Waals surface area contributed by atoms with E-state index in [1.54, 1.807) is 0 Å². The van der Waals surface area contributed by atoms with Crippen LogP contribution in [-0.4, -0.2) is 20.9 Å². The Kier molecular flexibility index (Phi) is 6.96. The zero-order valence-corrected chi connectivity index (χ0v) is 14.0. The molecule has 5 nitrogen and oxygen atoms in total. The minimum Gasteiger partial charge on any atom is -0.264 e. The molecule has 0 atom stereocenters. The number of hydrogen-bond donors (Lipinski definition) is 0. The van der Waals surface area contributed by atoms with Gasteiger partial charge in [-0.15, -0.1) is 0 Å². The van der Waals surface area contributed by atoms with Gasteiger partial charge in [-0.3, -0.25) is 9.67 Å². The quantitative estimate of drug-likeness (QED) is 0.860. The van der Waals surface area contributed by atoms with Crippen molar-refractivity contribution in [2.75, 3.05) is 0 Å². The van der Waals surface area contributed by atoms with Crippen molar-refractivity contribution in [1.82, 2.24) is 14.8 Å². The molecule has 118 valence electrons. The van der Waals surface area contributed by atoms with Gasteiger partial charge in [-0.05, 0) is 30.9 Å². The normalized spacial score (nSPS) is 10.1. The minimum atomic E-state index is 0.250. The maximum atomic E-state index is 8.12. The van der Waals surface area contributed by atoms with E-state index < -0.39 is 0 Å². The van der Waals surface area contributed by atoms with Gasteiger partial charge in [0.25, 0.3) is 0 Å². The molecule has 0 aliphatic heterocycles. The molecule has 0 radical (unpaired) electrons. The third kappa shape index (κ3) is 3.81. The Morgan fingerprint density at radius 3 is 2.45 bits per heavy atom. The van der Waals surface area contributed by atoms with Crippen LogP contribution < -0.4 is 0 Å². The Balaban J connectivity index is 0.000000745. The highest BCUT2D eigenvalue weighted by Crippen LogP contribution is 2.35. The van der Waals surface area contributed by atoms with E-state index in [1.165, 1.54) is 5.56 Å². The molecular formula is C16H20ClN3O2. The first-order valence-corrected chi connectivity index (χ1v) is 7.58. The largest absolute Gasteiger partial charge is 0.373 e. The summed E-state index contributed by atoms with van der Waals surface area (Å²) in [4.78, 5) is 20.5.